The Hall–Kier alpha value is -2.71. The number of halogens is 2. The number of benzene rings is 2. The molecule has 2 rings (SSSR count). The zero-order valence-electron chi connectivity index (χ0n) is 14.0. The molecule has 1 atom stereocenters. The van der Waals surface area contributed by atoms with Crippen molar-refractivity contribution in [2.24, 2.45) is 0 Å². The summed E-state index contributed by atoms with van der Waals surface area (Å²) in [5, 5.41) is 13.3. The molecule has 0 heterocycles. The molecule has 140 valence electrons. The topological polar surface area (TPSA) is 98.5 Å². The van der Waals surface area contributed by atoms with Crippen molar-refractivity contribution in [1.29, 1.82) is 0 Å². The van der Waals surface area contributed by atoms with E-state index in [1.807, 2.05) is 18.2 Å². The smallest absolute Gasteiger partial charge is 0.331 e. The Morgan fingerprint density at radius 1 is 1.30 bits per heavy atom. The van der Waals surface area contributed by atoms with E-state index in [-0.39, 0.29) is 16.4 Å². The number of esters is 1. The number of hydrogen-bond donors (Lipinski definition) is 1. The molecule has 7 nitrogen and oxygen atoms in total. The second-order valence-corrected chi connectivity index (χ2v) is 6.70. The standard InChI is InChI=1S/C18H14BrClN2O5/c1-11(27-17(23)8-5-12-3-2-4-13(19)9-12)18(24)21-16-10-14(22(25)26)6-7-15(16)20/h2-11H,1H3,(H,21,24)/b8-5+. The SMILES string of the molecule is CC(OC(=O)/C=C/c1cccc(Br)c1)C(=O)Nc1cc([N+](=O)[O-])ccc1Cl. The molecule has 0 radical (unpaired) electrons. The summed E-state index contributed by atoms with van der Waals surface area (Å²) >= 11 is 9.25. The average Bonchev–Trinajstić information content (AvgIpc) is 2.61. The first-order valence-corrected chi connectivity index (χ1v) is 8.82. The highest BCUT2D eigenvalue weighted by atomic mass is 79.9. The molecule has 1 unspecified atom stereocenters. The van der Waals surface area contributed by atoms with E-state index in [1.54, 1.807) is 12.1 Å². The molecule has 0 aliphatic heterocycles. The molecule has 1 amide bonds. The molecule has 0 aliphatic carbocycles. The first-order valence-electron chi connectivity index (χ1n) is 7.65. The summed E-state index contributed by atoms with van der Waals surface area (Å²) in [6.45, 7) is 1.38. The van der Waals surface area contributed by atoms with E-state index in [0.717, 1.165) is 16.1 Å². The van der Waals surface area contributed by atoms with Crippen LogP contribution in [0.3, 0.4) is 0 Å². The van der Waals surface area contributed by atoms with Crippen LogP contribution in [-0.4, -0.2) is 22.9 Å². The van der Waals surface area contributed by atoms with Crippen LogP contribution in [0.25, 0.3) is 6.08 Å². The minimum Gasteiger partial charge on any atom is -0.449 e. The minimum absolute atomic E-state index is 0.0587. The molecule has 9 heteroatoms. The Morgan fingerprint density at radius 3 is 2.70 bits per heavy atom. The fourth-order valence-corrected chi connectivity index (χ4v) is 2.58. The van der Waals surface area contributed by atoms with Gasteiger partial charge in [0, 0.05) is 22.7 Å². The fourth-order valence-electron chi connectivity index (χ4n) is 2.00. The monoisotopic (exact) mass is 452 g/mol. The maximum Gasteiger partial charge on any atom is 0.331 e. The van der Waals surface area contributed by atoms with Gasteiger partial charge in [0.15, 0.2) is 6.10 Å². The summed E-state index contributed by atoms with van der Waals surface area (Å²) in [6.07, 6.45) is 1.63. The number of nitrogens with one attached hydrogen (secondary N) is 1. The van der Waals surface area contributed by atoms with Gasteiger partial charge < -0.3 is 10.1 Å². The number of hydrogen-bond acceptors (Lipinski definition) is 5. The first-order chi connectivity index (χ1) is 12.8. The number of nitro groups is 1. The van der Waals surface area contributed by atoms with Crippen LogP contribution in [0, 0.1) is 10.1 Å². The maximum absolute atomic E-state index is 12.2. The van der Waals surface area contributed by atoms with Crippen molar-refractivity contribution in [3.05, 3.63) is 73.7 Å². The second-order valence-electron chi connectivity index (χ2n) is 5.38. The van der Waals surface area contributed by atoms with E-state index >= 15 is 0 Å². The van der Waals surface area contributed by atoms with Crippen molar-refractivity contribution in [2.75, 3.05) is 5.32 Å². The second kappa shape index (κ2) is 9.29. The van der Waals surface area contributed by atoms with Crippen LogP contribution in [0.4, 0.5) is 11.4 Å². The lowest BCUT2D eigenvalue weighted by molar-refractivity contribution is -0.384. The van der Waals surface area contributed by atoms with Crippen molar-refractivity contribution in [3.63, 3.8) is 0 Å². The van der Waals surface area contributed by atoms with Gasteiger partial charge in [-0.1, -0.05) is 39.7 Å². The van der Waals surface area contributed by atoms with Crippen LogP contribution in [0.15, 0.2) is 53.0 Å². The Morgan fingerprint density at radius 2 is 2.04 bits per heavy atom. The molecule has 2 aromatic carbocycles. The Kier molecular flexibility index (Phi) is 7.09. The molecule has 0 bridgehead atoms. The summed E-state index contributed by atoms with van der Waals surface area (Å²) in [7, 11) is 0. The van der Waals surface area contributed by atoms with Crippen molar-refractivity contribution in [1.82, 2.24) is 0 Å². The Labute approximate surface area is 168 Å². The lowest BCUT2D eigenvalue weighted by Gasteiger charge is -2.13. The normalized spacial score (nSPS) is 11.8. The zero-order chi connectivity index (χ0) is 20.0. The summed E-state index contributed by atoms with van der Waals surface area (Å²) in [6, 6.07) is 10.9. The van der Waals surface area contributed by atoms with E-state index in [9.17, 15) is 19.7 Å². The van der Waals surface area contributed by atoms with E-state index in [0.29, 0.717) is 0 Å². The molecule has 0 aliphatic rings. The number of ether oxygens (including phenoxy) is 1. The largest absolute Gasteiger partial charge is 0.449 e. The van der Waals surface area contributed by atoms with Crippen molar-refractivity contribution in [2.45, 2.75) is 13.0 Å². The van der Waals surface area contributed by atoms with Gasteiger partial charge in [0.1, 0.15) is 0 Å². The molecule has 0 aromatic heterocycles. The van der Waals surface area contributed by atoms with Gasteiger partial charge in [-0.2, -0.15) is 0 Å². The third-order valence-electron chi connectivity index (χ3n) is 3.34. The predicted octanol–water partition coefficient (Wildman–Crippen LogP) is 4.59. The molecule has 0 saturated heterocycles. The molecular weight excluding hydrogens is 440 g/mol. The Balaban J connectivity index is 1.98. The molecule has 0 fully saturated rings. The molecule has 0 saturated carbocycles. The summed E-state index contributed by atoms with van der Waals surface area (Å²) in [5.41, 5.74) is 0.613. The lowest BCUT2D eigenvalue weighted by Crippen LogP contribution is -2.29. The van der Waals surface area contributed by atoms with E-state index in [4.69, 9.17) is 16.3 Å². The van der Waals surface area contributed by atoms with Gasteiger partial charge in [-0.3, -0.25) is 14.9 Å². The summed E-state index contributed by atoms with van der Waals surface area (Å²) in [4.78, 5) is 34.2. The predicted molar refractivity (Wildman–Crippen MR) is 105 cm³/mol. The van der Waals surface area contributed by atoms with Gasteiger partial charge in [0.25, 0.3) is 11.6 Å². The highest BCUT2D eigenvalue weighted by Crippen LogP contribution is 2.26. The highest BCUT2D eigenvalue weighted by molar-refractivity contribution is 9.10. The van der Waals surface area contributed by atoms with Crippen molar-refractivity contribution < 1.29 is 19.2 Å². The zero-order valence-corrected chi connectivity index (χ0v) is 16.4. The third-order valence-corrected chi connectivity index (χ3v) is 4.16. The van der Waals surface area contributed by atoms with E-state index in [1.165, 1.54) is 25.1 Å². The van der Waals surface area contributed by atoms with E-state index < -0.39 is 22.9 Å². The van der Waals surface area contributed by atoms with Gasteiger partial charge >= 0.3 is 5.97 Å². The molecule has 0 spiro atoms. The molecule has 1 N–H and O–H groups in total. The van der Waals surface area contributed by atoms with Gasteiger partial charge in [0.2, 0.25) is 0 Å². The summed E-state index contributed by atoms with van der Waals surface area (Å²) < 4.78 is 5.89. The number of non-ortho nitro benzene ring substituents is 1. The average molecular weight is 454 g/mol. The number of nitrogens with zero attached hydrogens (tertiary/aromatic N) is 1. The van der Waals surface area contributed by atoms with E-state index in [2.05, 4.69) is 21.2 Å². The summed E-state index contributed by atoms with van der Waals surface area (Å²) in [5.74, 6) is -1.37. The minimum atomic E-state index is -1.13. The third kappa shape index (κ3) is 6.19. The quantitative estimate of drug-likeness (QED) is 0.298. The van der Waals surface area contributed by atoms with Crippen LogP contribution in [0.1, 0.15) is 12.5 Å². The van der Waals surface area contributed by atoms with Crippen LogP contribution in [0.5, 0.6) is 0 Å². The van der Waals surface area contributed by atoms with Gasteiger partial charge in [-0.25, -0.2) is 4.79 Å². The molecular formula is C18H14BrClN2O5. The number of anilines is 1. The van der Waals surface area contributed by atoms with Crippen LogP contribution >= 0.6 is 27.5 Å². The van der Waals surface area contributed by atoms with Crippen LogP contribution < -0.4 is 5.32 Å². The number of amides is 1. The fraction of sp³-hybridized carbons (Fsp3) is 0.111. The van der Waals surface area contributed by atoms with Crippen molar-refractivity contribution >= 4 is 56.9 Å². The highest BCUT2D eigenvalue weighted by Gasteiger charge is 2.19. The van der Waals surface area contributed by atoms with Gasteiger partial charge in [-0.15, -0.1) is 0 Å². The number of carbonyl (C=O) groups is 2. The van der Waals surface area contributed by atoms with Crippen molar-refractivity contribution in [3.8, 4) is 0 Å². The maximum atomic E-state index is 12.2. The molecule has 27 heavy (non-hydrogen) atoms. The van der Waals surface area contributed by atoms with Crippen LogP contribution in [-0.2, 0) is 14.3 Å². The molecule has 2 aromatic rings. The van der Waals surface area contributed by atoms with Gasteiger partial charge in [0.05, 0.1) is 15.6 Å². The lowest BCUT2D eigenvalue weighted by atomic mass is 10.2. The Bertz CT molecular complexity index is 916. The first kappa shape index (κ1) is 20.6. The number of carbonyl (C=O) groups excluding carboxylic acids is 2. The number of rotatable bonds is 6. The van der Waals surface area contributed by atoms with Crippen LogP contribution in [0.2, 0.25) is 5.02 Å². The van der Waals surface area contributed by atoms with Gasteiger partial charge in [-0.05, 0) is 36.8 Å². The number of nitro benzene ring substituents is 1.